The summed E-state index contributed by atoms with van der Waals surface area (Å²) < 4.78 is 0. The highest BCUT2D eigenvalue weighted by atomic mass is 16.4. The van der Waals surface area contributed by atoms with E-state index in [1.54, 1.807) is 0 Å². The lowest BCUT2D eigenvalue weighted by molar-refractivity contribution is -0.156. The molecule has 0 aromatic heterocycles. The van der Waals surface area contributed by atoms with Gasteiger partial charge in [0.1, 0.15) is 5.78 Å². The van der Waals surface area contributed by atoms with Crippen molar-refractivity contribution in [1.82, 2.24) is 0 Å². The molecule has 2 aliphatic carbocycles. The van der Waals surface area contributed by atoms with Crippen LogP contribution in [0.5, 0.6) is 0 Å². The average Bonchev–Trinajstić information content (AvgIpc) is 2.41. The van der Waals surface area contributed by atoms with Crippen molar-refractivity contribution < 1.29 is 19.8 Å². The zero-order chi connectivity index (χ0) is 11.1. The highest BCUT2D eigenvalue weighted by Crippen LogP contribution is 2.56. The van der Waals surface area contributed by atoms with Gasteiger partial charge in [0.05, 0.1) is 12.0 Å². The topological polar surface area (TPSA) is 74.6 Å². The third-order valence-corrected chi connectivity index (χ3v) is 4.09. The molecule has 4 nitrogen and oxygen atoms in total. The third-order valence-electron chi connectivity index (χ3n) is 4.09. The van der Waals surface area contributed by atoms with Gasteiger partial charge < -0.3 is 10.2 Å². The van der Waals surface area contributed by atoms with Crippen LogP contribution in [-0.4, -0.2) is 27.6 Å². The van der Waals surface area contributed by atoms with Crippen molar-refractivity contribution in [2.45, 2.75) is 50.5 Å². The number of rotatable bonds is 2. The van der Waals surface area contributed by atoms with E-state index in [9.17, 15) is 14.7 Å². The first-order chi connectivity index (χ1) is 6.97. The molecule has 2 unspecified atom stereocenters. The summed E-state index contributed by atoms with van der Waals surface area (Å²) in [6, 6.07) is 0. The first-order valence-corrected chi connectivity index (χ1v) is 5.43. The highest BCUT2D eigenvalue weighted by molar-refractivity contribution is 5.81. The van der Waals surface area contributed by atoms with E-state index in [0.29, 0.717) is 19.3 Å². The summed E-state index contributed by atoms with van der Waals surface area (Å²) in [5, 5.41) is 19.3. The summed E-state index contributed by atoms with van der Waals surface area (Å²) in [4.78, 5) is 22.2. The molecule has 0 heterocycles. The first kappa shape index (κ1) is 10.6. The van der Waals surface area contributed by atoms with E-state index in [1.165, 1.54) is 0 Å². The van der Waals surface area contributed by atoms with Crippen LogP contribution in [0.25, 0.3) is 0 Å². The second kappa shape index (κ2) is 3.30. The van der Waals surface area contributed by atoms with Gasteiger partial charge in [-0.1, -0.05) is 0 Å². The van der Waals surface area contributed by atoms with Gasteiger partial charge in [-0.25, -0.2) is 0 Å². The fraction of sp³-hybridized carbons (Fsp3) is 0.818. The zero-order valence-electron chi connectivity index (χ0n) is 8.66. The van der Waals surface area contributed by atoms with Gasteiger partial charge in [0.15, 0.2) is 0 Å². The largest absolute Gasteiger partial charge is 0.481 e. The smallest absolute Gasteiger partial charge is 0.304 e. The fourth-order valence-corrected chi connectivity index (χ4v) is 3.27. The molecule has 2 fully saturated rings. The number of hydrogen-bond donors (Lipinski definition) is 2. The molecule has 0 aliphatic heterocycles. The minimum Gasteiger partial charge on any atom is -0.481 e. The van der Waals surface area contributed by atoms with Gasteiger partial charge in [-0.15, -0.1) is 0 Å². The van der Waals surface area contributed by atoms with E-state index in [1.807, 2.05) is 0 Å². The van der Waals surface area contributed by atoms with Gasteiger partial charge in [-0.2, -0.15) is 0 Å². The molecule has 0 aromatic carbocycles. The van der Waals surface area contributed by atoms with Crippen LogP contribution in [0.3, 0.4) is 0 Å². The van der Waals surface area contributed by atoms with E-state index >= 15 is 0 Å². The Kier molecular flexibility index (Phi) is 2.34. The minimum atomic E-state index is -1.04. The van der Waals surface area contributed by atoms with Crippen molar-refractivity contribution in [1.29, 1.82) is 0 Å². The van der Waals surface area contributed by atoms with E-state index < -0.39 is 17.0 Å². The number of Topliss-reactive ketones (excluding diaryl/α,β-unsaturated/α-hetero) is 1. The molecule has 4 heteroatoms. The maximum Gasteiger partial charge on any atom is 0.304 e. The Labute approximate surface area is 88.3 Å². The fourth-order valence-electron chi connectivity index (χ4n) is 3.27. The summed E-state index contributed by atoms with van der Waals surface area (Å²) in [7, 11) is 0. The lowest BCUT2D eigenvalue weighted by Crippen LogP contribution is -2.50. The van der Waals surface area contributed by atoms with Crippen molar-refractivity contribution in [3.05, 3.63) is 0 Å². The Morgan fingerprint density at radius 1 is 1.33 bits per heavy atom. The van der Waals surface area contributed by atoms with Gasteiger partial charge in [0.2, 0.25) is 0 Å². The molecular formula is C11H16O4. The van der Waals surface area contributed by atoms with E-state index in [2.05, 4.69) is 0 Å². The van der Waals surface area contributed by atoms with Crippen molar-refractivity contribution >= 4 is 11.8 Å². The maximum atomic E-state index is 11.3. The van der Waals surface area contributed by atoms with Crippen LogP contribution in [-0.2, 0) is 9.59 Å². The number of carbonyl (C=O) groups is 2. The van der Waals surface area contributed by atoms with E-state index in [4.69, 9.17) is 5.11 Å². The summed E-state index contributed by atoms with van der Waals surface area (Å²) in [6.45, 7) is 0. The number of fused-ring (bicyclic) bond motifs is 1. The van der Waals surface area contributed by atoms with Crippen LogP contribution in [0, 0.1) is 5.41 Å². The number of aliphatic hydroxyl groups is 1. The Hall–Kier alpha value is -0.900. The molecule has 84 valence electrons. The van der Waals surface area contributed by atoms with Gasteiger partial charge in [0.25, 0.3) is 0 Å². The molecule has 2 atom stereocenters. The summed E-state index contributed by atoms with van der Waals surface area (Å²) in [5.41, 5.74) is -1.58. The zero-order valence-corrected chi connectivity index (χ0v) is 8.66. The lowest BCUT2D eigenvalue weighted by atomic mass is 9.63. The van der Waals surface area contributed by atoms with Gasteiger partial charge >= 0.3 is 5.97 Å². The van der Waals surface area contributed by atoms with Crippen LogP contribution in [0.4, 0.5) is 0 Å². The monoisotopic (exact) mass is 212 g/mol. The van der Waals surface area contributed by atoms with Gasteiger partial charge in [0, 0.05) is 18.3 Å². The highest BCUT2D eigenvalue weighted by Gasteiger charge is 2.57. The van der Waals surface area contributed by atoms with Gasteiger partial charge in [-0.05, 0) is 25.7 Å². The Morgan fingerprint density at radius 2 is 2.07 bits per heavy atom. The lowest BCUT2D eigenvalue weighted by Gasteiger charge is -2.44. The maximum absolute atomic E-state index is 11.3. The SMILES string of the molecule is O=C(O)CC12CCCC1(O)CC(=O)CC2. The van der Waals surface area contributed by atoms with Crippen LogP contribution >= 0.6 is 0 Å². The van der Waals surface area contributed by atoms with E-state index in [0.717, 1.165) is 12.8 Å². The summed E-state index contributed by atoms with van der Waals surface area (Å²) in [5.74, 6) is -0.801. The molecule has 2 saturated carbocycles. The summed E-state index contributed by atoms with van der Waals surface area (Å²) in [6.07, 6.45) is 3.26. The van der Waals surface area contributed by atoms with Crippen LogP contribution in [0.2, 0.25) is 0 Å². The van der Waals surface area contributed by atoms with Crippen LogP contribution in [0.15, 0.2) is 0 Å². The number of aliphatic carboxylic acids is 1. The first-order valence-electron chi connectivity index (χ1n) is 5.43. The molecular weight excluding hydrogens is 196 g/mol. The van der Waals surface area contributed by atoms with Crippen molar-refractivity contribution in [3.8, 4) is 0 Å². The summed E-state index contributed by atoms with van der Waals surface area (Å²) >= 11 is 0. The van der Waals surface area contributed by atoms with Crippen LogP contribution < -0.4 is 0 Å². The quantitative estimate of drug-likeness (QED) is 0.719. The Balaban J connectivity index is 2.27. The Morgan fingerprint density at radius 3 is 2.73 bits per heavy atom. The molecule has 15 heavy (non-hydrogen) atoms. The van der Waals surface area contributed by atoms with Crippen molar-refractivity contribution in [2.75, 3.05) is 0 Å². The number of ketones is 1. The molecule has 0 spiro atoms. The second-order valence-electron chi connectivity index (χ2n) is 4.95. The molecule has 2 aliphatic rings. The average molecular weight is 212 g/mol. The van der Waals surface area contributed by atoms with Crippen molar-refractivity contribution in [2.24, 2.45) is 5.41 Å². The molecule has 0 aromatic rings. The molecule has 0 bridgehead atoms. The van der Waals surface area contributed by atoms with Crippen molar-refractivity contribution in [3.63, 3.8) is 0 Å². The molecule has 0 radical (unpaired) electrons. The molecule has 0 amide bonds. The van der Waals surface area contributed by atoms with E-state index in [-0.39, 0.29) is 18.6 Å². The third kappa shape index (κ3) is 1.57. The molecule has 0 saturated heterocycles. The normalized spacial score (nSPS) is 40.2. The predicted molar refractivity (Wildman–Crippen MR) is 52.3 cm³/mol. The second-order valence-corrected chi connectivity index (χ2v) is 4.95. The molecule has 2 rings (SSSR count). The predicted octanol–water partition coefficient (Wildman–Crippen LogP) is 1.12. The Bertz CT molecular complexity index is 312. The standard InChI is InChI=1S/C11H16O4/c12-8-2-5-10(7-9(13)14)3-1-4-11(10,15)6-8/h15H,1-7H2,(H,13,14). The van der Waals surface area contributed by atoms with Gasteiger partial charge in [-0.3, -0.25) is 9.59 Å². The number of carbonyl (C=O) groups excluding carboxylic acids is 1. The minimum absolute atomic E-state index is 0.00319. The van der Waals surface area contributed by atoms with Crippen LogP contribution in [0.1, 0.15) is 44.9 Å². The number of carboxylic acids is 1. The molecule has 2 N–H and O–H groups in total. The number of carboxylic acid groups (broad SMARTS) is 1. The number of hydrogen-bond acceptors (Lipinski definition) is 3.